The highest BCUT2D eigenvalue weighted by Gasteiger charge is 2.25. The molecular weight excluding hydrogens is 354 g/mol. The van der Waals surface area contributed by atoms with Gasteiger partial charge in [0.05, 0.1) is 5.52 Å². The van der Waals surface area contributed by atoms with Crippen LogP contribution in [0.1, 0.15) is 6.42 Å². The van der Waals surface area contributed by atoms with E-state index < -0.39 is 0 Å². The summed E-state index contributed by atoms with van der Waals surface area (Å²) < 4.78 is 0. The standard InChI is InChI=1S/C20H27N7O/c1-3-18(28)22-15-4-5-16-17(12-15)23-20(26-10-8-25(2)9-11-26)24-19(16)27-7-6-14(21)13-27/h3-5,12,14H,1,6-11,13,21H2,2H3,(H,22,28). The number of rotatable bonds is 4. The van der Waals surface area contributed by atoms with Gasteiger partial charge in [0.2, 0.25) is 11.9 Å². The van der Waals surface area contributed by atoms with Crippen LogP contribution in [0.15, 0.2) is 30.9 Å². The van der Waals surface area contributed by atoms with E-state index in [9.17, 15) is 4.79 Å². The fourth-order valence-electron chi connectivity index (χ4n) is 3.74. The van der Waals surface area contributed by atoms with Gasteiger partial charge in [-0.15, -0.1) is 0 Å². The lowest BCUT2D eigenvalue weighted by Gasteiger charge is -2.33. The van der Waals surface area contributed by atoms with Crippen LogP contribution in [-0.4, -0.2) is 73.1 Å². The number of benzene rings is 1. The zero-order valence-corrected chi connectivity index (χ0v) is 16.3. The number of anilines is 3. The minimum absolute atomic E-state index is 0.170. The number of hydrogen-bond acceptors (Lipinski definition) is 7. The molecule has 0 aliphatic carbocycles. The maximum atomic E-state index is 11.7. The first-order valence-corrected chi connectivity index (χ1v) is 9.73. The second-order valence-electron chi connectivity index (χ2n) is 7.56. The van der Waals surface area contributed by atoms with Gasteiger partial charge in [-0.05, 0) is 37.7 Å². The lowest BCUT2D eigenvalue weighted by Crippen LogP contribution is -2.45. The summed E-state index contributed by atoms with van der Waals surface area (Å²) in [5.41, 5.74) is 7.66. The summed E-state index contributed by atoms with van der Waals surface area (Å²) in [4.78, 5) is 28.2. The number of aromatic nitrogens is 2. The summed E-state index contributed by atoms with van der Waals surface area (Å²) in [5.74, 6) is 1.43. The molecule has 0 radical (unpaired) electrons. The number of piperazine rings is 1. The molecule has 1 amide bonds. The van der Waals surface area contributed by atoms with E-state index in [1.807, 2.05) is 18.2 Å². The molecule has 3 heterocycles. The molecule has 148 valence electrons. The summed E-state index contributed by atoms with van der Waals surface area (Å²) in [6, 6.07) is 5.92. The molecule has 1 aromatic carbocycles. The number of nitrogens with zero attached hydrogens (tertiary/aromatic N) is 5. The number of fused-ring (bicyclic) bond motifs is 1. The van der Waals surface area contributed by atoms with Gasteiger partial charge in [-0.1, -0.05) is 6.58 Å². The van der Waals surface area contributed by atoms with Crippen LogP contribution in [-0.2, 0) is 4.79 Å². The first-order valence-electron chi connectivity index (χ1n) is 9.73. The minimum Gasteiger partial charge on any atom is -0.354 e. The van der Waals surface area contributed by atoms with Crippen LogP contribution < -0.4 is 20.9 Å². The Morgan fingerprint density at radius 1 is 1.21 bits per heavy atom. The highest BCUT2D eigenvalue weighted by molar-refractivity contribution is 6.01. The predicted molar refractivity (Wildman–Crippen MR) is 113 cm³/mol. The third kappa shape index (κ3) is 3.79. The van der Waals surface area contributed by atoms with Crippen molar-refractivity contribution in [1.29, 1.82) is 0 Å². The molecule has 2 aliphatic rings. The van der Waals surface area contributed by atoms with Crippen LogP contribution in [0.25, 0.3) is 10.9 Å². The number of nitrogens with two attached hydrogens (primary N) is 1. The van der Waals surface area contributed by atoms with E-state index in [2.05, 4.69) is 33.6 Å². The number of carbonyl (C=O) groups is 1. The average Bonchev–Trinajstić information content (AvgIpc) is 3.13. The van der Waals surface area contributed by atoms with Crippen molar-refractivity contribution in [3.8, 4) is 0 Å². The fourth-order valence-corrected chi connectivity index (χ4v) is 3.74. The van der Waals surface area contributed by atoms with Crippen LogP contribution in [0, 0.1) is 0 Å². The van der Waals surface area contributed by atoms with Gasteiger partial charge in [-0.2, -0.15) is 4.98 Å². The molecule has 2 fully saturated rings. The Balaban J connectivity index is 1.75. The number of nitrogens with one attached hydrogen (secondary N) is 1. The van der Waals surface area contributed by atoms with Crippen molar-refractivity contribution in [1.82, 2.24) is 14.9 Å². The molecule has 8 nitrogen and oxygen atoms in total. The van der Waals surface area contributed by atoms with Crippen molar-refractivity contribution in [3.05, 3.63) is 30.9 Å². The second kappa shape index (κ2) is 7.73. The first-order chi connectivity index (χ1) is 13.5. The topological polar surface area (TPSA) is 90.6 Å². The molecule has 1 atom stereocenters. The molecule has 8 heteroatoms. The molecule has 2 aromatic rings. The summed E-state index contributed by atoms with van der Waals surface area (Å²) >= 11 is 0. The lowest BCUT2D eigenvalue weighted by atomic mass is 10.2. The van der Waals surface area contributed by atoms with Crippen LogP contribution in [0.3, 0.4) is 0 Å². The predicted octanol–water partition coefficient (Wildman–Crippen LogP) is 1.04. The normalized spacial score (nSPS) is 20.6. The highest BCUT2D eigenvalue weighted by Crippen LogP contribution is 2.31. The SMILES string of the molecule is C=CC(=O)Nc1ccc2c(N3CCC(N)C3)nc(N3CCN(C)CC3)nc2c1. The van der Waals surface area contributed by atoms with Crippen LogP contribution in [0.2, 0.25) is 0 Å². The second-order valence-corrected chi connectivity index (χ2v) is 7.56. The summed E-state index contributed by atoms with van der Waals surface area (Å²) in [7, 11) is 2.13. The third-order valence-electron chi connectivity index (χ3n) is 5.43. The van der Waals surface area contributed by atoms with Gasteiger partial charge in [-0.3, -0.25) is 4.79 Å². The van der Waals surface area contributed by atoms with Gasteiger partial charge < -0.3 is 25.8 Å². The number of likely N-dealkylation sites (N-methyl/N-ethyl adjacent to an activating group) is 1. The number of amides is 1. The highest BCUT2D eigenvalue weighted by atomic mass is 16.1. The first kappa shape index (κ1) is 18.6. The maximum Gasteiger partial charge on any atom is 0.247 e. The van der Waals surface area contributed by atoms with Crippen molar-refractivity contribution >= 4 is 34.3 Å². The zero-order valence-electron chi connectivity index (χ0n) is 16.3. The van der Waals surface area contributed by atoms with E-state index in [-0.39, 0.29) is 11.9 Å². The molecule has 0 saturated carbocycles. The smallest absolute Gasteiger partial charge is 0.247 e. The summed E-state index contributed by atoms with van der Waals surface area (Å²) in [6.45, 7) is 8.96. The number of carbonyl (C=O) groups excluding carboxylic acids is 1. The van der Waals surface area contributed by atoms with E-state index in [0.717, 1.165) is 68.4 Å². The quantitative estimate of drug-likeness (QED) is 0.765. The van der Waals surface area contributed by atoms with Gasteiger partial charge in [-0.25, -0.2) is 4.98 Å². The Hall–Kier alpha value is -2.71. The van der Waals surface area contributed by atoms with Crippen LogP contribution >= 0.6 is 0 Å². The Bertz CT molecular complexity index is 891. The Morgan fingerprint density at radius 2 is 2.00 bits per heavy atom. The minimum atomic E-state index is -0.238. The monoisotopic (exact) mass is 381 g/mol. The summed E-state index contributed by atoms with van der Waals surface area (Å²) in [5, 5.41) is 3.79. The maximum absolute atomic E-state index is 11.7. The molecule has 1 aromatic heterocycles. The third-order valence-corrected chi connectivity index (χ3v) is 5.43. The van der Waals surface area contributed by atoms with Gasteiger partial charge in [0.25, 0.3) is 0 Å². The van der Waals surface area contributed by atoms with Crippen molar-refractivity contribution < 1.29 is 4.79 Å². The summed E-state index contributed by atoms with van der Waals surface area (Å²) in [6.07, 6.45) is 2.22. The van der Waals surface area contributed by atoms with E-state index in [1.54, 1.807) is 0 Å². The van der Waals surface area contributed by atoms with Crippen molar-refractivity contribution in [2.24, 2.45) is 5.73 Å². The lowest BCUT2D eigenvalue weighted by molar-refractivity contribution is -0.111. The Morgan fingerprint density at radius 3 is 2.68 bits per heavy atom. The van der Waals surface area contributed by atoms with E-state index in [0.29, 0.717) is 5.69 Å². The van der Waals surface area contributed by atoms with E-state index in [4.69, 9.17) is 15.7 Å². The molecule has 28 heavy (non-hydrogen) atoms. The van der Waals surface area contributed by atoms with Gasteiger partial charge in [0.1, 0.15) is 5.82 Å². The molecule has 1 unspecified atom stereocenters. The average molecular weight is 381 g/mol. The van der Waals surface area contributed by atoms with Crippen molar-refractivity contribution in [2.45, 2.75) is 12.5 Å². The fraction of sp³-hybridized carbons (Fsp3) is 0.450. The van der Waals surface area contributed by atoms with Crippen molar-refractivity contribution in [2.75, 3.05) is 61.4 Å². The molecule has 2 saturated heterocycles. The largest absolute Gasteiger partial charge is 0.354 e. The van der Waals surface area contributed by atoms with Gasteiger partial charge in [0, 0.05) is 56.4 Å². The Labute approximate surface area is 165 Å². The zero-order chi connectivity index (χ0) is 19.7. The van der Waals surface area contributed by atoms with E-state index in [1.165, 1.54) is 6.08 Å². The molecule has 4 rings (SSSR count). The van der Waals surface area contributed by atoms with Crippen LogP contribution in [0.4, 0.5) is 17.5 Å². The van der Waals surface area contributed by atoms with Crippen molar-refractivity contribution in [3.63, 3.8) is 0 Å². The molecular formula is C20H27N7O. The molecule has 0 bridgehead atoms. The Kier molecular flexibility index (Phi) is 5.15. The van der Waals surface area contributed by atoms with Crippen LogP contribution in [0.5, 0.6) is 0 Å². The molecule has 2 aliphatic heterocycles. The van der Waals surface area contributed by atoms with Gasteiger partial charge in [0.15, 0.2) is 0 Å². The molecule has 3 N–H and O–H groups in total. The molecule has 0 spiro atoms. The number of hydrogen-bond donors (Lipinski definition) is 2. The van der Waals surface area contributed by atoms with E-state index >= 15 is 0 Å². The van der Waals surface area contributed by atoms with Gasteiger partial charge >= 0.3 is 0 Å².